The monoisotopic (exact) mass is 222 g/mol. The van der Waals surface area contributed by atoms with Gasteiger partial charge in [-0.2, -0.15) is 13.9 Å². The van der Waals surface area contributed by atoms with Gasteiger partial charge < -0.3 is 0 Å². The highest BCUT2D eigenvalue weighted by Gasteiger charge is 2.38. The average Bonchev–Trinajstić information content (AvgIpc) is 2.50. The minimum absolute atomic E-state index is 0.160. The molecule has 0 saturated carbocycles. The molecule has 0 aromatic carbocycles. The lowest BCUT2D eigenvalue weighted by atomic mass is 10.3. The second kappa shape index (κ2) is 4.04. The number of Topliss-reactive ketones (excluding diaryl/α,β-unsaturated/α-hetero) is 1. The van der Waals surface area contributed by atoms with Crippen LogP contribution >= 0.6 is 11.6 Å². The Hall–Kier alpha value is -0.970. The summed E-state index contributed by atoms with van der Waals surface area (Å²) in [7, 11) is 0. The molecule has 1 aromatic rings. The van der Waals surface area contributed by atoms with E-state index < -0.39 is 11.2 Å². The third-order valence-electron chi connectivity index (χ3n) is 1.64. The Morgan fingerprint density at radius 2 is 2.36 bits per heavy atom. The fraction of sp³-hybridized carbons (Fsp3) is 0.500. The molecule has 0 N–H and O–H groups in total. The molecule has 0 aliphatic rings. The van der Waals surface area contributed by atoms with Gasteiger partial charge in [0.25, 0.3) is 5.78 Å². The van der Waals surface area contributed by atoms with Gasteiger partial charge in [0.2, 0.25) is 0 Å². The number of aryl methyl sites for hydroxylation is 1. The molecule has 0 atom stereocenters. The van der Waals surface area contributed by atoms with Crippen molar-refractivity contribution >= 4 is 17.4 Å². The first-order chi connectivity index (χ1) is 6.46. The molecule has 1 heterocycles. The Labute approximate surface area is 84.7 Å². The van der Waals surface area contributed by atoms with Gasteiger partial charge >= 0.3 is 5.38 Å². The fourth-order valence-electron chi connectivity index (χ4n) is 1.06. The van der Waals surface area contributed by atoms with Crippen LogP contribution in [0.3, 0.4) is 0 Å². The van der Waals surface area contributed by atoms with E-state index in [-0.39, 0.29) is 5.69 Å². The van der Waals surface area contributed by atoms with Crippen molar-refractivity contribution < 1.29 is 13.6 Å². The number of hydrogen-bond donors (Lipinski definition) is 0. The van der Waals surface area contributed by atoms with E-state index in [1.807, 2.05) is 6.92 Å². The molecule has 1 rings (SSSR count). The van der Waals surface area contributed by atoms with Crippen molar-refractivity contribution in [3.8, 4) is 0 Å². The average molecular weight is 223 g/mol. The molecule has 3 nitrogen and oxygen atoms in total. The third kappa shape index (κ3) is 2.29. The van der Waals surface area contributed by atoms with Gasteiger partial charge in [0, 0.05) is 12.7 Å². The zero-order valence-electron chi connectivity index (χ0n) is 7.51. The van der Waals surface area contributed by atoms with Gasteiger partial charge in [-0.3, -0.25) is 9.48 Å². The van der Waals surface area contributed by atoms with Crippen LogP contribution in [0.1, 0.15) is 23.8 Å². The summed E-state index contributed by atoms with van der Waals surface area (Å²) in [5, 5.41) is -0.111. The molecule has 0 saturated heterocycles. The Bertz CT molecular complexity index is 332. The van der Waals surface area contributed by atoms with Gasteiger partial charge in [-0.05, 0) is 24.1 Å². The number of alkyl halides is 3. The van der Waals surface area contributed by atoms with Crippen molar-refractivity contribution in [1.29, 1.82) is 0 Å². The molecule has 1 aromatic heterocycles. The van der Waals surface area contributed by atoms with Crippen LogP contribution in [-0.2, 0) is 6.54 Å². The van der Waals surface area contributed by atoms with Gasteiger partial charge in [-0.25, -0.2) is 0 Å². The quantitative estimate of drug-likeness (QED) is 0.579. The molecule has 0 aliphatic heterocycles. The number of rotatable bonds is 4. The summed E-state index contributed by atoms with van der Waals surface area (Å²) in [4.78, 5) is 11.1. The van der Waals surface area contributed by atoms with E-state index in [0.717, 1.165) is 0 Å². The summed E-state index contributed by atoms with van der Waals surface area (Å²) in [6.45, 7) is 2.27. The molecule has 0 spiro atoms. The lowest BCUT2D eigenvalue weighted by Crippen LogP contribution is -2.24. The van der Waals surface area contributed by atoms with E-state index in [4.69, 9.17) is 0 Å². The lowest BCUT2D eigenvalue weighted by Gasteiger charge is -2.08. The third-order valence-corrected chi connectivity index (χ3v) is 1.81. The normalized spacial score (nSPS) is 11.7. The maximum atomic E-state index is 12.5. The smallest absolute Gasteiger partial charge is 0.284 e. The van der Waals surface area contributed by atoms with E-state index in [1.54, 1.807) is 0 Å². The molecular formula is C8H9ClF2N2O. The van der Waals surface area contributed by atoms with Gasteiger partial charge in [-0.1, -0.05) is 6.92 Å². The number of aromatic nitrogens is 2. The zero-order valence-corrected chi connectivity index (χ0v) is 8.26. The van der Waals surface area contributed by atoms with Crippen molar-refractivity contribution in [3.63, 3.8) is 0 Å². The van der Waals surface area contributed by atoms with Crippen LogP contribution in [0, 0.1) is 0 Å². The number of halogens is 3. The Morgan fingerprint density at radius 3 is 2.86 bits per heavy atom. The van der Waals surface area contributed by atoms with Crippen LogP contribution in [0.2, 0.25) is 0 Å². The van der Waals surface area contributed by atoms with E-state index in [1.165, 1.54) is 16.9 Å². The number of hydrogen-bond acceptors (Lipinski definition) is 2. The van der Waals surface area contributed by atoms with Crippen molar-refractivity contribution in [2.24, 2.45) is 0 Å². The lowest BCUT2D eigenvalue weighted by molar-refractivity contribution is 0.0524. The highest BCUT2D eigenvalue weighted by atomic mass is 35.5. The van der Waals surface area contributed by atoms with Gasteiger partial charge in [-0.15, -0.1) is 0 Å². The number of nitrogens with zero attached hydrogens (tertiary/aromatic N) is 2. The molecule has 14 heavy (non-hydrogen) atoms. The van der Waals surface area contributed by atoms with Crippen LogP contribution in [0.4, 0.5) is 8.78 Å². The van der Waals surface area contributed by atoms with Crippen LogP contribution in [-0.4, -0.2) is 20.9 Å². The Kier molecular flexibility index (Phi) is 3.21. The van der Waals surface area contributed by atoms with Crippen LogP contribution in [0.15, 0.2) is 12.3 Å². The van der Waals surface area contributed by atoms with Crippen molar-refractivity contribution in [1.82, 2.24) is 9.78 Å². The maximum absolute atomic E-state index is 12.5. The number of carbonyl (C=O) groups excluding carboxylic acids is 1. The second-order valence-electron chi connectivity index (χ2n) is 2.77. The summed E-state index contributed by atoms with van der Waals surface area (Å²) in [5.74, 6) is -1.41. The highest BCUT2D eigenvalue weighted by molar-refractivity contribution is 6.35. The molecule has 0 radical (unpaired) electrons. The first kappa shape index (κ1) is 11.1. The largest absolute Gasteiger partial charge is 0.386 e. The number of carbonyl (C=O) groups is 1. The minimum Gasteiger partial charge on any atom is -0.284 e. The predicted octanol–water partition coefficient (Wildman–Crippen LogP) is 2.31. The van der Waals surface area contributed by atoms with E-state index >= 15 is 0 Å². The van der Waals surface area contributed by atoms with Gasteiger partial charge in [0.05, 0.1) is 0 Å². The summed E-state index contributed by atoms with van der Waals surface area (Å²) in [6, 6.07) is 1.23. The van der Waals surface area contributed by atoms with Crippen LogP contribution in [0.5, 0.6) is 0 Å². The summed E-state index contributed by atoms with van der Waals surface area (Å²) in [5.41, 5.74) is -0.160. The maximum Gasteiger partial charge on any atom is 0.386 e. The molecule has 0 aliphatic carbocycles. The molecule has 0 fully saturated rings. The van der Waals surface area contributed by atoms with E-state index in [9.17, 15) is 13.6 Å². The van der Waals surface area contributed by atoms with Crippen molar-refractivity contribution in [2.75, 3.05) is 0 Å². The summed E-state index contributed by atoms with van der Waals surface area (Å²) in [6.07, 6.45) is 2.00. The molecule has 0 amide bonds. The zero-order chi connectivity index (χ0) is 10.8. The minimum atomic E-state index is -3.86. The first-order valence-electron chi connectivity index (χ1n) is 4.10. The number of ketones is 1. The fourth-order valence-corrected chi connectivity index (χ4v) is 1.16. The molecule has 0 bridgehead atoms. The second-order valence-corrected chi connectivity index (χ2v) is 3.24. The standard InChI is InChI=1S/C8H9ClF2N2O/c1-2-5-13-6(3-4-12-13)7(14)8(9,10)11/h3-4H,2,5H2,1H3. The SMILES string of the molecule is CCCn1nccc1C(=O)C(F)(F)Cl. The summed E-state index contributed by atoms with van der Waals surface area (Å²) < 4.78 is 26.2. The predicted molar refractivity (Wildman–Crippen MR) is 47.6 cm³/mol. The van der Waals surface area contributed by atoms with Gasteiger partial charge in [0.15, 0.2) is 0 Å². The van der Waals surface area contributed by atoms with Crippen molar-refractivity contribution in [2.45, 2.75) is 25.3 Å². The Morgan fingerprint density at radius 1 is 1.71 bits per heavy atom. The molecule has 6 heteroatoms. The van der Waals surface area contributed by atoms with Crippen molar-refractivity contribution in [3.05, 3.63) is 18.0 Å². The molecular weight excluding hydrogens is 214 g/mol. The molecule has 0 unspecified atom stereocenters. The highest BCUT2D eigenvalue weighted by Crippen LogP contribution is 2.24. The summed E-state index contributed by atoms with van der Waals surface area (Å²) >= 11 is 4.62. The van der Waals surface area contributed by atoms with Crippen LogP contribution < -0.4 is 0 Å². The molecule has 78 valence electrons. The topological polar surface area (TPSA) is 34.9 Å². The van der Waals surface area contributed by atoms with E-state index in [2.05, 4.69) is 16.7 Å². The van der Waals surface area contributed by atoms with Crippen LogP contribution in [0.25, 0.3) is 0 Å². The van der Waals surface area contributed by atoms with Gasteiger partial charge in [0.1, 0.15) is 5.69 Å². The van der Waals surface area contributed by atoms with E-state index in [0.29, 0.717) is 13.0 Å². The Balaban J connectivity index is 2.95. The first-order valence-corrected chi connectivity index (χ1v) is 4.48.